The van der Waals surface area contributed by atoms with Gasteiger partial charge in [0.2, 0.25) is 5.91 Å². The van der Waals surface area contributed by atoms with Crippen LogP contribution in [0.25, 0.3) is 0 Å². The van der Waals surface area contributed by atoms with E-state index < -0.39 is 15.4 Å². The van der Waals surface area contributed by atoms with Gasteiger partial charge >= 0.3 is 0 Å². The lowest BCUT2D eigenvalue weighted by atomic mass is 9.86. The SMILES string of the molecule is Cc1noc(C)c1S(=O)(=O)Nc1ccc2c(c1)C(C)(C)C(=O)N2C. The fraction of sp³-hybridized carbons (Fsp3) is 0.375. The zero-order valence-corrected chi connectivity index (χ0v) is 15.0. The highest BCUT2D eigenvalue weighted by Gasteiger charge is 2.42. The molecule has 0 unspecified atom stereocenters. The highest BCUT2D eigenvalue weighted by atomic mass is 32.2. The third-order valence-corrected chi connectivity index (χ3v) is 5.98. The van der Waals surface area contributed by atoms with Crippen LogP contribution in [0.1, 0.15) is 30.9 Å². The van der Waals surface area contributed by atoms with Crippen LogP contribution in [0.3, 0.4) is 0 Å². The number of nitrogens with one attached hydrogen (secondary N) is 1. The summed E-state index contributed by atoms with van der Waals surface area (Å²) in [6.07, 6.45) is 0. The van der Waals surface area contributed by atoms with Crippen molar-refractivity contribution in [3.8, 4) is 0 Å². The van der Waals surface area contributed by atoms with E-state index in [0.717, 1.165) is 11.3 Å². The van der Waals surface area contributed by atoms with Crippen molar-refractivity contribution in [1.82, 2.24) is 5.16 Å². The highest BCUT2D eigenvalue weighted by molar-refractivity contribution is 7.92. The maximum Gasteiger partial charge on any atom is 0.267 e. The lowest BCUT2D eigenvalue weighted by molar-refractivity contribution is -0.121. The molecule has 128 valence electrons. The number of hydrogen-bond donors (Lipinski definition) is 1. The first-order valence-corrected chi connectivity index (χ1v) is 8.92. The Kier molecular flexibility index (Phi) is 3.49. The number of nitrogens with zero attached hydrogens (tertiary/aromatic N) is 2. The smallest absolute Gasteiger partial charge is 0.267 e. The number of aromatic nitrogens is 1. The summed E-state index contributed by atoms with van der Waals surface area (Å²) in [5.41, 5.74) is 1.56. The number of carbonyl (C=O) groups excluding carboxylic acids is 1. The number of amides is 1. The topological polar surface area (TPSA) is 92.5 Å². The first kappa shape index (κ1) is 16.5. The Bertz CT molecular complexity index is 925. The van der Waals surface area contributed by atoms with Crippen LogP contribution in [-0.4, -0.2) is 26.5 Å². The van der Waals surface area contributed by atoms with Gasteiger partial charge < -0.3 is 9.42 Å². The Labute approximate surface area is 140 Å². The third-order valence-electron chi connectivity index (χ3n) is 4.36. The van der Waals surface area contributed by atoms with Gasteiger partial charge in [0.15, 0.2) is 10.7 Å². The van der Waals surface area contributed by atoms with E-state index in [2.05, 4.69) is 9.88 Å². The van der Waals surface area contributed by atoms with Gasteiger partial charge in [-0.15, -0.1) is 0 Å². The monoisotopic (exact) mass is 349 g/mol. The average molecular weight is 349 g/mol. The number of fused-ring (bicyclic) bond motifs is 1. The molecule has 1 N–H and O–H groups in total. The normalized spacial score (nSPS) is 16.4. The van der Waals surface area contributed by atoms with Crippen molar-refractivity contribution in [3.05, 3.63) is 35.2 Å². The minimum absolute atomic E-state index is 0.0248. The van der Waals surface area contributed by atoms with Crippen molar-refractivity contribution in [1.29, 1.82) is 0 Å². The molecule has 0 spiro atoms. The van der Waals surface area contributed by atoms with Crippen molar-refractivity contribution >= 4 is 27.3 Å². The van der Waals surface area contributed by atoms with Gasteiger partial charge in [-0.05, 0) is 51.5 Å². The number of carbonyl (C=O) groups is 1. The minimum Gasteiger partial charge on any atom is -0.360 e. The highest BCUT2D eigenvalue weighted by Crippen LogP contribution is 2.42. The van der Waals surface area contributed by atoms with E-state index in [1.165, 1.54) is 0 Å². The zero-order chi connectivity index (χ0) is 17.9. The summed E-state index contributed by atoms with van der Waals surface area (Å²) in [6, 6.07) is 5.08. The van der Waals surface area contributed by atoms with Crippen molar-refractivity contribution in [2.24, 2.45) is 0 Å². The van der Waals surface area contributed by atoms with E-state index in [0.29, 0.717) is 11.4 Å². The molecule has 0 saturated heterocycles. The van der Waals surface area contributed by atoms with Gasteiger partial charge in [0.05, 0.1) is 5.41 Å². The van der Waals surface area contributed by atoms with Gasteiger partial charge in [0, 0.05) is 18.4 Å². The number of benzene rings is 1. The summed E-state index contributed by atoms with van der Waals surface area (Å²) in [6.45, 7) is 6.77. The second-order valence-corrected chi connectivity index (χ2v) is 8.10. The molecule has 1 aromatic carbocycles. The van der Waals surface area contributed by atoms with Crippen LogP contribution in [0.4, 0.5) is 11.4 Å². The second-order valence-electron chi connectivity index (χ2n) is 6.48. The number of aryl methyl sites for hydroxylation is 2. The molecule has 0 aliphatic carbocycles. The molecule has 2 aromatic rings. The summed E-state index contributed by atoms with van der Waals surface area (Å²) < 4.78 is 32.7. The van der Waals surface area contributed by atoms with Gasteiger partial charge in [0.25, 0.3) is 10.0 Å². The van der Waals surface area contributed by atoms with Crippen LogP contribution in [0.2, 0.25) is 0 Å². The number of rotatable bonds is 3. The van der Waals surface area contributed by atoms with Gasteiger partial charge in [0.1, 0.15) is 5.69 Å². The van der Waals surface area contributed by atoms with Crippen molar-refractivity contribution in [3.63, 3.8) is 0 Å². The fourth-order valence-corrected chi connectivity index (χ4v) is 4.48. The van der Waals surface area contributed by atoms with Gasteiger partial charge in [-0.1, -0.05) is 5.16 Å². The minimum atomic E-state index is -3.82. The van der Waals surface area contributed by atoms with E-state index in [4.69, 9.17) is 4.52 Å². The van der Waals surface area contributed by atoms with Crippen LogP contribution in [-0.2, 0) is 20.2 Å². The molecule has 24 heavy (non-hydrogen) atoms. The first-order valence-electron chi connectivity index (χ1n) is 7.44. The molecule has 1 aliphatic heterocycles. The molecule has 0 fully saturated rings. The zero-order valence-electron chi connectivity index (χ0n) is 14.2. The van der Waals surface area contributed by atoms with Crippen LogP contribution < -0.4 is 9.62 Å². The molecule has 1 aliphatic rings. The maximum absolute atomic E-state index is 12.6. The Morgan fingerprint density at radius 2 is 1.92 bits per heavy atom. The third kappa shape index (κ3) is 2.29. The van der Waals surface area contributed by atoms with Gasteiger partial charge in [-0.3, -0.25) is 9.52 Å². The quantitative estimate of drug-likeness (QED) is 0.918. The Morgan fingerprint density at radius 1 is 1.25 bits per heavy atom. The molecular formula is C16H19N3O4S. The van der Waals surface area contributed by atoms with Crippen LogP contribution >= 0.6 is 0 Å². The first-order chi connectivity index (χ1) is 11.1. The number of sulfonamides is 1. The lowest BCUT2D eigenvalue weighted by Gasteiger charge is -2.17. The molecule has 2 heterocycles. The largest absolute Gasteiger partial charge is 0.360 e. The Morgan fingerprint density at radius 3 is 2.50 bits per heavy atom. The summed E-state index contributed by atoms with van der Waals surface area (Å²) in [5, 5.41) is 3.68. The standard InChI is InChI=1S/C16H19N3O4S/c1-9-14(10(2)23-17-9)24(21,22)18-11-6-7-13-12(8-11)16(3,4)15(20)19(13)5/h6-8,18H,1-5H3. The Balaban J connectivity index is 2.02. The molecule has 0 saturated carbocycles. The molecule has 3 rings (SSSR count). The molecule has 0 atom stereocenters. The maximum atomic E-state index is 12.6. The van der Waals surface area contributed by atoms with Gasteiger partial charge in [-0.25, -0.2) is 8.42 Å². The summed E-state index contributed by atoms with van der Waals surface area (Å²) in [4.78, 5) is 13.9. The predicted octanol–water partition coefficient (Wildman–Crippen LogP) is 2.35. The second kappa shape index (κ2) is 5.07. The van der Waals surface area contributed by atoms with Crippen molar-refractivity contribution in [2.45, 2.75) is 38.0 Å². The van der Waals surface area contributed by atoms with Crippen molar-refractivity contribution in [2.75, 3.05) is 16.7 Å². The van der Waals surface area contributed by atoms with E-state index in [9.17, 15) is 13.2 Å². The molecule has 1 aromatic heterocycles. The summed E-state index contributed by atoms with van der Waals surface area (Å²) >= 11 is 0. The van der Waals surface area contributed by atoms with Crippen LogP contribution in [0.15, 0.2) is 27.6 Å². The summed E-state index contributed by atoms with van der Waals surface area (Å²) in [7, 11) is -2.11. The van der Waals surface area contributed by atoms with E-state index >= 15 is 0 Å². The molecule has 0 radical (unpaired) electrons. The number of likely N-dealkylation sites (N-methyl/N-ethyl adjacent to an activating group) is 1. The van der Waals surface area contributed by atoms with Gasteiger partial charge in [-0.2, -0.15) is 0 Å². The van der Waals surface area contributed by atoms with E-state index in [-0.39, 0.29) is 16.6 Å². The predicted molar refractivity (Wildman–Crippen MR) is 89.7 cm³/mol. The average Bonchev–Trinajstić information content (AvgIpc) is 2.91. The Hall–Kier alpha value is -2.35. The molecule has 8 heteroatoms. The van der Waals surface area contributed by atoms with Crippen molar-refractivity contribution < 1.29 is 17.7 Å². The molecular weight excluding hydrogens is 330 g/mol. The van der Waals surface area contributed by atoms with E-state index in [1.807, 2.05) is 13.8 Å². The lowest BCUT2D eigenvalue weighted by Crippen LogP contribution is -2.33. The number of anilines is 2. The van der Waals surface area contributed by atoms with E-state index in [1.54, 1.807) is 44.0 Å². The molecule has 0 bridgehead atoms. The summed E-state index contributed by atoms with van der Waals surface area (Å²) in [5.74, 6) is 0.208. The number of hydrogen-bond acceptors (Lipinski definition) is 5. The molecule has 1 amide bonds. The van der Waals surface area contributed by atoms with Crippen LogP contribution in [0, 0.1) is 13.8 Å². The fourth-order valence-electron chi connectivity index (χ4n) is 3.10. The molecule has 7 nitrogen and oxygen atoms in total. The van der Waals surface area contributed by atoms with Crippen LogP contribution in [0.5, 0.6) is 0 Å².